The highest BCUT2D eigenvalue weighted by Gasteiger charge is 2.34. The number of carbonyl (C=O) groups is 2. The van der Waals surface area contributed by atoms with Crippen molar-refractivity contribution >= 4 is 17.6 Å². The molecule has 120 valence electrons. The Hall–Kier alpha value is -2.04. The van der Waals surface area contributed by atoms with E-state index in [1.807, 2.05) is 56.9 Å². The lowest BCUT2D eigenvalue weighted by Crippen LogP contribution is -2.45. The van der Waals surface area contributed by atoms with Gasteiger partial charge in [0, 0.05) is 11.7 Å². The molecule has 0 bridgehead atoms. The highest BCUT2D eigenvalue weighted by molar-refractivity contribution is 5.86. The zero-order chi connectivity index (χ0) is 16.5. The van der Waals surface area contributed by atoms with Gasteiger partial charge >= 0.3 is 5.97 Å². The molecule has 0 aliphatic carbocycles. The molecule has 0 aromatic heterocycles. The van der Waals surface area contributed by atoms with Crippen LogP contribution in [0.1, 0.15) is 45.6 Å². The SMILES string of the molecule is C[C@@H]1C[C@@H](C(N)=O)c2ccccc2N1CC(=O)OC(C)(C)C. The van der Waals surface area contributed by atoms with Gasteiger partial charge in [-0.3, -0.25) is 9.59 Å². The number of carbonyl (C=O) groups excluding carboxylic acids is 2. The molecule has 1 aliphatic rings. The predicted octanol–water partition coefficient (Wildman–Crippen LogP) is 2.20. The van der Waals surface area contributed by atoms with Gasteiger partial charge in [0.25, 0.3) is 0 Å². The lowest BCUT2D eigenvalue weighted by molar-refractivity contribution is -0.153. The molecule has 1 aromatic rings. The fourth-order valence-corrected chi connectivity index (χ4v) is 2.90. The molecule has 0 radical (unpaired) electrons. The second kappa shape index (κ2) is 5.99. The average molecular weight is 304 g/mol. The summed E-state index contributed by atoms with van der Waals surface area (Å²) in [7, 11) is 0. The number of amides is 1. The van der Waals surface area contributed by atoms with E-state index in [0.29, 0.717) is 6.42 Å². The van der Waals surface area contributed by atoms with Gasteiger partial charge in [0.2, 0.25) is 5.91 Å². The maximum absolute atomic E-state index is 12.1. The molecule has 2 N–H and O–H groups in total. The summed E-state index contributed by atoms with van der Waals surface area (Å²) in [6, 6.07) is 7.65. The lowest BCUT2D eigenvalue weighted by atomic mass is 9.85. The normalized spacial score (nSPS) is 21.2. The minimum absolute atomic E-state index is 0.0416. The number of rotatable bonds is 3. The van der Waals surface area contributed by atoms with E-state index in [2.05, 4.69) is 0 Å². The van der Waals surface area contributed by atoms with Crippen LogP contribution in [0.15, 0.2) is 24.3 Å². The number of ether oxygens (including phenoxy) is 1. The summed E-state index contributed by atoms with van der Waals surface area (Å²) < 4.78 is 5.41. The van der Waals surface area contributed by atoms with Crippen LogP contribution >= 0.6 is 0 Å². The first-order valence-electron chi connectivity index (χ1n) is 7.56. The van der Waals surface area contributed by atoms with Crippen molar-refractivity contribution in [3.63, 3.8) is 0 Å². The van der Waals surface area contributed by atoms with Crippen LogP contribution in [-0.4, -0.2) is 30.1 Å². The maximum Gasteiger partial charge on any atom is 0.326 e. The average Bonchev–Trinajstić information content (AvgIpc) is 2.39. The van der Waals surface area contributed by atoms with Gasteiger partial charge in [-0.15, -0.1) is 0 Å². The molecule has 1 heterocycles. The molecule has 5 nitrogen and oxygen atoms in total. The Morgan fingerprint density at radius 3 is 2.55 bits per heavy atom. The minimum Gasteiger partial charge on any atom is -0.459 e. The Labute approximate surface area is 131 Å². The van der Waals surface area contributed by atoms with Gasteiger partial charge in [-0.25, -0.2) is 0 Å². The van der Waals surface area contributed by atoms with Crippen molar-refractivity contribution in [1.82, 2.24) is 0 Å². The van der Waals surface area contributed by atoms with Gasteiger partial charge < -0.3 is 15.4 Å². The van der Waals surface area contributed by atoms with Crippen molar-refractivity contribution in [1.29, 1.82) is 0 Å². The van der Waals surface area contributed by atoms with E-state index in [4.69, 9.17) is 10.5 Å². The lowest BCUT2D eigenvalue weighted by Gasteiger charge is -2.39. The van der Waals surface area contributed by atoms with Crippen molar-refractivity contribution in [3.05, 3.63) is 29.8 Å². The third-order valence-electron chi connectivity index (χ3n) is 3.79. The van der Waals surface area contributed by atoms with E-state index in [-0.39, 0.29) is 30.4 Å². The molecule has 5 heteroatoms. The topological polar surface area (TPSA) is 72.6 Å². The third-order valence-corrected chi connectivity index (χ3v) is 3.79. The molecule has 0 spiro atoms. The Morgan fingerprint density at radius 2 is 1.95 bits per heavy atom. The number of anilines is 1. The molecule has 0 unspecified atom stereocenters. The van der Waals surface area contributed by atoms with Crippen LogP contribution in [0.4, 0.5) is 5.69 Å². The second-order valence-corrected chi connectivity index (χ2v) is 6.81. The van der Waals surface area contributed by atoms with Gasteiger partial charge in [-0.1, -0.05) is 18.2 Å². The zero-order valence-corrected chi connectivity index (χ0v) is 13.6. The summed E-state index contributed by atoms with van der Waals surface area (Å²) in [5.41, 5.74) is 6.79. The summed E-state index contributed by atoms with van der Waals surface area (Å²) in [5.74, 6) is -0.899. The molecule has 0 fully saturated rings. The first-order chi connectivity index (χ1) is 10.2. The highest BCUT2D eigenvalue weighted by atomic mass is 16.6. The zero-order valence-electron chi connectivity index (χ0n) is 13.6. The van der Waals surface area contributed by atoms with Gasteiger partial charge in [-0.2, -0.15) is 0 Å². The van der Waals surface area contributed by atoms with E-state index in [9.17, 15) is 9.59 Å². The molecule has 2 atom stereocenters. The summed E-state index contributed by atoms with van der Waals surface area (Å²) in [4.78, 5) is 25.8. The van der Waals surface area contributed by atoms with E-state index in [1.54, 1.807) is 0 Å². The molecule has 1 aromatic carbocycles. The van der Waals surface area contributed by atoms with Crippen LogP contribution in [-0.2, 0) is 14.3 Å². The maximum atomic E-state index is 12.1. The van der Waals surface area contributed by atoms with Crippen molar-refractivity contribution in [2.24, 2.45) is 5.73 Å². The van der Waals surface area contributed by atoms with Crippen LogP contribution in [0, 0.1) is 0 Å². The van der Waals surface area contributed by atoms with Crippen molar-refractivity contribution in [2.45, 2.75) is 51.7 Å². The van der Waals surface area contributed by atoms with Crippen LogP contribution in [0.25, 0.3) is 0 Å². The van der Waals surface area contributed by atoms with E-state index in [1.165, 1.54) is 0 Å². The molecule has 1 amide bonds. The van der Waals surface area contributed by atoms with Gasteiger partial charge in [0.05, 0.1) is 5.92 Å². The number of benzene rings is 1. The van der Waals surface area contributed by atoms with Crippen LogP contribution in [0.2, 0.25) is 0 Å². The molecular weight excluding hydrogens is 280 g/mol. The summed E-state index contributed by atoms with van der Waals surface area (Å²) >= 11 is 0. The smallest absolute Gasteiger partial charge is 0.326 e. The minimum atomic E-state index is -0.509. The Bertz CT molecular complexity index is 578. The number of nitrogens with two attached hydrogens (primary N) is 1. The first-order valence-corrected chi connectivity index (χ1v) is 7.56. The van der Waals surface area contributed by atoms with Crippen molar-refractivity contribution in [3.8, 4) is 0 Å². The number of esters is 1. The van der Waals surface area contributed by atoms with Gasteiger partial charge in [0.15, 0.2) is 0 Å². The summed E-state index contributed by atoms with van der Waals surface area (Å²) in [6.45, 7) is 7.71. The van der Waals surface area contributed by atoms with Crippen LogP contribution in [0.5, 0.6) is 0 Å². The Morgan fingerprint density at radius 1 is 1.32 bits per heavy atom. The molecule has 22 heavy (non-hydrogen) atoms. The van der Waals surface area contributed by atoms with Gasteiger partial charge in [0.1, 0.15) is 12.1 Å². The number of primary amides is 1. The molecule has 0 saturated heterocycles. The number of nitrogens with zero attached hydrogens (tertiary/aromatic N) is 1. The first kappa shape index (κ1) is 16.3. The standard InChI is InChI=1S/C17H24N2O3/c1-11-9-13(16(18)21)12-7-5-6-8-14(12)19(11)10-15(20)22-17(2,3)4/h5-8,11,13H,9-10H2,1-4H3,(H2,18,21)/t11-,13-/m1/s1. The largest absolute Gasteiger partial charge is 0.459 e. The van der Waals surface area contributed by atoms with E-state index >= 15 is 0 Å². The molecule has 1 aliphatic heterocycles. The summed E-state index contributed by atoms with van der Waals surface area (Å²) in [6.07, 6.45) is 0.606. The Kier molecular flexibility index (Phi) is 4.44. The quantitative estimate of drug-likeness (QED) is 0.869. The van der Waals surface area contributed by atoms with E-state index < -0.39 is 5.60 Å². The molecule has 0 saturated carbocycles. The molecule has 2 rings (SSSR count). The highest BCUT2D eigenvalue weighted by Crippen LogP contribution is 2.38. The monoisotopic (exact) mass is 304 g/mol. The predicted molar refractivity (Wildman–Crippen MR) is 85.6 cm³/mol. The second-order valence-electron chi connectivity index (χ2n) is 6.81. The molecular formula is C17H24N2O3. The number of para-hydroxylation sites is 1. The van der Waals surface area contributed by atoms with Crippen molar-refractivity contribution < 1.29 is 14.3 Å². The number of fused-ring (bicyclic) bond motifs is 1. The fraction of sp³-hybridized carbons (Fsp3) is 0.529. The van der Waals surface area contributed by atoms with E-state index in [0.717, 1.165) is 11.3 Å². The van der Waals surface area contributed by atoms with Gasteiger partial charge in [-0.05, 0) is 45.7 Å². The van der Waals surface area contributed by atoms with Crippen LogP contribution < -0.4 is 10.6 Å². The summed E-state index contributed by atoms with van der Waals surface area (Å²) in [5, 5.41) is 0. The number of hydrogen-bond acceptors (Lipinski definition) is 4. The Balaban J connectivity index is 2.27. The third kappa shape index (κ3) is 3.59. The van der Waals surface area contributed by atoms with Crippen molar-refractivity contribution in [2.75, 3.05) is 11.4 Å². The fourth-order valence-electron chi connectivity index (χ4n) is 2.90. The number of hydrogen-bond donors (Lipinski definition) is 1. The van der Waals surface area contributed by atoms with Crippen LogP contribution in [0.3, 0.4) is 0 Å².